The molecule has 4 rings (SSSR count). The number of para-hydroxylation sites is 2. The molecule has 0 spiro atoms. The molecule has 1 aromatic carbocycles. The number of hydrogen-bond donors (Lipinski definition) is 1. The summed E-state index contributed by atoms with van der Waals surface area (Å²) in [5.41, 5.74) is 1.40. The summed E-state index contributed by atoms with van der Waals surface area (Å²) in [6.07, 6.45) is 5.30. The van der Waals surface area contributed by atoms with Crippen LogP contribution in [0.4, 0.5) is 5.95 Å². The molecule has 0 aliphatic carbocycles. The number of hydrogen-bond acceptors (Lipinski definition) is 5. The third-order valence-electron chi connectivity index (χ3n) is 4.97. The molecule has 0 bridgehead atoms. The van der Waals surface area contributed by atoms with E-state index in [1.807, 2.05) is 24.3 Å². The van der Waals surface area contributed by atoms with E-state index in [0.717, 1.165) is 30.4 Å². The second kappa shape index (κ2) is 7.22. The van der Waals surface area contributed by atoms with Crippen molar-refractivity contribution >= 4 is 22.9 Å². The molecule has 0 saturated carbocycles. The van der Waals surface area contributed by atoms with Crippen molar-refractivity contribution in [3.8, 4) is 0 Å². The molecule has 3 aromatic rings. The van der Waals surface area contributed by atoms with Gasteiger partial charge in [-0.2, -0.15) is 0 Å². The van der Waals surface area contributed by atoms with Crippen LogP contribution in [0.15, 0.2) is 47.5 Å². The summed E-state index contributed by atoms with van der Waals surface area (Å²) >= 11 is 0. The Morgan fingerprint density at radius 3 is 2.70 bits per heavy atom. The predicted octanol–water partition coefficient (Wildman–Crippen LogP) is 0.915. The maximum absolute atomic E-state index is 12.6. The minimum Gasteiger partial charge on any atom is -0.350 e. The molecule has 0 radical (unpaired) electrons. The van der Waals surface area contributed by atoms with E-state index < -0.39 is 0 Å². The summed E-state index contributed by atoms with van der Waals surface area (Å²) in [5.74, 6) is 0.524. The molecule has 140 valence electrons. The predicted molar refractivity (Wildman–Crippen MR) is 103 cm³/mol. The van der Waals surface area contributed by atoms with E-state index in [1.165, 1.54) is 4.57 Å². The molecule has 1 atom stereocenters. The van der Waals surface area contributed by atoms with Gasteiger partial charge in [-0.1, -0.05) is 12.1 Å². The summed E-state index contributed by atoms with van der Waals surface area (Å²) < 4.78 is 3.09. The smallest absolute Gasteiger partial charge is 0.329 e. The van der Waals surface area contributed by atoms with Crippen LogP contribution in [-0.4, -0.2) is 44.1 Å². The quantitative estimate of drug-likeness (QED) is 0.742. The molecule has 1 fully saturated rings. The highest BCUT2D eigenvalue weighted by Crippen LogP contribution is 2.15. The van der Waals surface area contributed by atoms with E-state index in [1.54, 1.807) is 30.1 Å². The third kappa shape index (κ3) is 3.42. The van der Waals surface area contributed by atoms with Crippen LogP contribution in [-0.2, 0) is 18.4 Å². The molecule has 1 N–H and O–H groups in total. The molecule has 1 unspecified atom stereocenters. The largest absolute Gasteiger partial charge is 0.350 e. The molecule has 27 heavy (non-hydrogen) atoms. The lowest BCUT2D eigenvalue weighted by Gasteiger charge is -2.33. The van der Waals surface area contributed by atoms with Gasteiger partial charge < -0.3 is 10.2 Å². The normalized spacial score (nSPS) is 17.2. The maximum Gasteiger partial charge on any atom is 0.329 e. The second-order valence-electron chi connectivity index (χ2n) is 6.82. The highest BCUT2D eigenvalue weighted by atomic mass is 16.2. The molecule has 2 aromatic heterocycles. The number of aryl methyl sites for hydroxylation is 1. The van der Waals surface area contributed by atoms with E-state index in [-0.39, 0.29) is 24.2 Å². The van der Waals surface area contributed by atoms with Crippen LogP contribution in [0.2, 0.25) is 0 Å². The molecule has 8 nitrogen and oxygen atoms in total. The van der Waals surface area contributed by atoms with Gasteiger partial charge in [-0.3, -0.25) is 13.9 Å². The Kier molecular flexibility index (Phi) is 4.62. The van der Waals surface area contributed by atoms with Gasteiger partial charge in [0.25, 0.3) is 0 Å². The Hall–Kier alpha value is -3.16. The van der Waals surface area contributed by atoms with Crippen LogP contribution < -0.4 is 15.9 Å². The number of imidazole rings is 1. The number of piperidine rings is 1. The average Bonchev–Trinajstić information content (AvgIpc) is 2.94. The summed E-state index contributed by atoms with van der Waals surface area (Å²) in [7, 11) is 1.72. The van der Waals surface area contributed by atoms with Gasteiger partial charge in [0.05, 0.1) is 11.0 Å². The van der Waals surface area contributed by atoms with Crippen LogP contribution in [0.5, 0.6) is 0 Å². The summed E-state index contributed by atoms with van der Waals surface area (Å²) in [4.78, 5) is 35.7. The van der Waals surface area contributed by atoms with Crippen LogP contribution in [0.1, 0.15) is 12.8 Å². The van der Waals surface area contributed by atoms with Gasteiger partial charge in [-0.15, -0.1) is 0 Å². The van der Waals surface area contributed by atoms with E-state index in [9.17, 15) is 9.59 Å². The van der Waals surface area contributed by atoms with Gasteiger partial charge in [0, 0.05) is 38.6 Å². The summed E-state index contributed by atoms with van der Waals surface area (Å²) in [6, 6.07) is 9.29. The number of nitrogens with zero attached hydrogens (tertiary/aromatic N) is 5. The standard InChI is InChI=1S/C19H22N6O2/c1-23-15-7-2-3-8-16(15)25(19(23)27)13-17(26)22-14-6-4-11-24(12-14)18-20-9-5-10-21-18/h2-3,5,7-10,14H,4,6,11-13H2,1H3,(H,22,26). The summed E-state index contributed by atoms with van der Waals surface area (Å²) in [6.45, 7) is 1.55. The van der Waals surface area contributed by atoms with Gasteiger partial charge >= 0.3 is 5.69 Å². The van der Waals surface area contributed by atoms with Gasteiger partial charge in [-0.25, -0.2) is 14.8 Å². The fourth-order valence-corrected chi connectivity index (χ4v) is 3.66. The minimum atomic E-state index is -0.186. The van der Waals surface area contributed by atoms with Crippen LogP contribution in [0.3, 0.4) is 0 Å². The zero-order valence-electron chi connectivity index (χ0n) is 15.2. The first-order valence-electron chi connectivity index (χ1n) is 9.09. The zero-order chi connectivity index (χ0) is 18.8. The van der Waals surface area contributed by atoms with Crippen molar-refractivity contribution in [3.05, 3.63) is 53.2 Å². The third-order valence-corrected chi connectivity index (χ3v) is 4.97. The van der Waals surface area contributed by atoms with E-state index in [4.69, 9.17) is 0 Å². The molecule has 1 aliphatic rings. The van der Waals surface area contributed by atoms with Crippen molar-refractivity contribution in [2.45, 2.75) is 25.4 Å². The Morgan fingerprint density at radius 1 is 1.19 bits per heavy atom. The van der Waals surface area contributed by atoms with Crippen LogP contribution >= 0.6 is 0 Å². The number of amides is 1. The Balaban J connectivity index is 1.46. The molecule has 1 aliphatic heterocycles. The number of fused-ring (bicyclic) bond motifs is 1. The first-order valence-corrected chi connectivity index (χ1v) is 9.09. The fraction of sp³-hybridized carbons (Fsp3) is 0.368. The Morgan fingerprint density at radius 2 is 1.93 bits per heavy atom. The lowest BCUT2D eigenvalue weighted by atomic mass is 10.1. The number of rotatable bonds is 4. The number of carbonyl (C=O) groups excluding carboxylic acids is 1. The van der Waals surface area contributed by atoms with Gasteiger partial charge in [0.1, 0.15) is 6.54 Å². The molecule has 1 amide bonds. The topological polar surface area (TPSA) is 85.0 Å². The number of anilines is 1. The molecule has 1 saturated heterocycles. The number of aromatic nitrogens is 4. The van der Waals surface area contributed by atoms with Crippen molar-refractivity contribution in [2.75, 3.05) is 18.0 Å². The van der Waals surface area contributed by atoms with Crippen molar-refractivity contribution in [1.82, 2.24) is 24.4 Å². The van der Waals surface area contributed by atoms with E-state index in [0.29, 0.717) is 12.5 Å². The number of carbonyl (C=O) groups is 1. The monoisotopic (exact) mass is 366 g/mol. The van der Waals surface area contributed by atoms with E-state index >= 15 is 0 Å². The van der Waals surface area contributed by atoms with Crippen molar-refractivity contribution in [1.29, 1.82) is 0 Å². The zero-order valence-corrected chi connectivity index (χ0v) is 15.2. The van der Waals surface area contributed by atoms with Crippen LogP contribution in [0, 0.1) is 0 Å². The second-order valence-corrected chi connectivity index (χ2v) is 6.82. The highest BCUT2D eigenvalue weighted by molar-refractivity contribution is 5.81. The fourth-order valence-electron chi connectivity index (χ4n) is 3.66. The summed E-state index contributed by atoms with van der Waals surface area (Å²) in [5, 5.41) is 3.06. The molecular weight excluding hydrogens is 344 g/mol. The molecule has 8 heteroatoms. The Labute approximate surface area is 156 Å². The Bertz CT molecular complexity index is 1010. The molecular formula is C19H22N6O2. The first-order chi connectivity index (χ1) is 13.1. The van der Waals surface area contributed by atoms with Crippen molar-refractivity contribution < 1.29 is 4.79 Å². The van der Waals surface area contributed by atoms with Crippen LogP contribution in [0.25, 0.3) is 11.0 Å². The molecule has 3 heterocycles. The van der Waals surface area contributed by atoms with Gasteiger partial charge in [-0.05, 0) is 31.0 Å². The number of nitrogens with one attached hydrogen (secondary N) is 1. The number of benzene rings is 1. The van der Waals surface area contributed by atoms with Gasteiger partial charge in [0.15, 0.2) is 0 Å². The highest BCUT2D eigenvalue weighted by Gasteiger charge is 2.23. The van der Waals surface area contributed by atoms with Gasteiger partial charge in [0.2, 0.25) is 11.9 Å². The first kappa shape index (κ1) is 17.3. The van der Waals surface area contributed by atoms with E-state index in [2.05, 4.69) is 20.2 Å². The average molecular weight is 366 g/mol. The van der Waals surface area contributed by atoms with Crippen molar-refractivity contribution in [2.24, 2.45) is 7.05 Å². The van der Waals surface area contributed by atoms with Crippen molar-refractivity contribution in [3.63, 3.8) is 0 Å². The lowest BCUT2D eigenvalue weighted by molar-refractivity contribution is -0.122. The lowest BCUT2D eigenvalue weighted by Crippen LogP contribution is -2.49. The maximum atomic E-state index is 12.6. The SMILES string of the molecule is Cn1c(=O)n(CC(=O)NC2CCCN(c3ncccn3)C2)c2ccccc21. The minimum absolute atomic E-state index is 0.0124.